The molecule has 2 atom stereocenters. The zero-order chi connectivity index (χ0) is 14.5. The molecule has 1 heterocycles. The van der Waals surface area contributed by atoms with Gasteiger partial charge in [0, 0.05) is 11.1 Å². The van der Waals surface area contributed by atoms with Crippen molar-refractivity contribution in [1.82, 2.24) is 0 Å². The van der Waals surface area contributed by atoms with Gasteiger partial charge in [-0.25, -0.2) is 4.79 Å². The molecule has 1 aliphatic rings. The van der Waals surface area contributed by atoms with Crippen LogP contribution in [0, 0.1) is 0 Å². The number of nitrogens with zero attached hydrogens (tertiary/aromatic N) is 1. The topological polar surface area (TPSA) is 43.1 Å². The summed E-state index contributed by atoms with van der Waals surface area (Å²) >= 11 is 30.7. The van der Waals surface area contributed by atoms with Crippen LogP contribution in [0.25, 0.3) is 5.03 Å². The summed E-state index contributed by atoms with van der Waals surface area (Å²) < 4.78 is -0.838. The Bertz CT molecular complexity index is 615. The zero-order valence-corrected chi connectivity index (χ0v) is 13.3. The van der Waals surface area contributed by atoms with Gasteiger partial charge in [0.05, 0.1) is 17.6 Å². The molecule has 0 aliphatic carbocycles. The monoisotopic (exact) mass is 359 g/mol. The van der Waals surface area contributed by atoms with Crippen molar-refractivity contribution >= 4 is 74.8 Å². The van der Waals surface area contributed by atoms with Crippen LogP contribution in [-0.2, 0) is 4.79 Å². The van der Waals surface area contributed by atoms with Crippen LogP contribution in [0.4, 0.5) is 5.69 Å². The lowest BCUT2D eigenvalue weighted by atomic mass is 10.0. The standard InChI is InChI=1S/C11H8Cl5N2O/c1-4(19)18(16)10(14)6-2-7(12)8(17)3-5(6)9(13)11(18)15/h2-3,10H,17H2,1H3/q+1. The van der Waals surface area contributed by atoms with E-state index in [1.54, 1.807) is 6.07 Å². The van der Waals surface area contributed by atoms with E-state index in [4.69, 9.17) is 63.9 Å². The van der Waals surface area contributed by atoms with Gasteiger partial charge < -0.3 is 5.73 Å². The quantitative estimate of drug-likeness (QED) is 0.312. The summed E-state index contributed by atoms with van der Waals surface area (Å²) in [6, 6.07) is 3.09. The molecule has 19 heavy (non-hydrogen) atoms. The first kappa shape index (κ1) is 15.2. The smallest absolute Gasteiger partial charge is 0.335 e. The molecular weight excluding hydrogens is 353 g/mol. The first-order valence-electron chi connectivity index (χ1n) is 5.10. The third-order valence-corrected chi connectivity index (χ3v) is 5.48. The second-order valence-electron chi connectivity index (χ2n) is 4.06. The van der Waals surface area contributed by atoms with E-state index in [0.29, 0.717) is 21.8 Å². The van der Waals surface area contributed by atoms with Crippen molar-refractivity contribution in [3.63, 3.8) is 0 Å². The van der Waals surface area contributed by atoms with Gasteiger partial charge in [0.1, 0.15) is 5.03 Å². The summed E-state index contributed by atoms with van der Waals surface area (Å²) in [7, 11) is 0. The molecule has 0 spiro atoms. The van der Waals surface area contributed by atoms with Crippen LogP contribution in [0.3, 0.4) is 0 Å². The Morgan fingerprint density at radius 3 is 2.42 bits per heavy atom. The third-order valence-electron chi connectivity index (χ3n) is 2.90. The SMILES string of the molecule is CC(=O)[N+]1(Cl)C(Cl)=C(Cl)c2cc(N)c(Cl)cc2C1Cl. The minimum Gasteiger partial charge on any atom is -0.398 e. The molecule has 2 rings (SSSR count). The molecular formula is C11H8Cl5N2O+. The predicted octanol–water partition coefficient (Wildman–Crippen LogP) is 4.79. The van der Waals surface area contributed by atoms with Gasteiger partial charge in [-0.15, -0.1) is 0 Å². The first-order chi connectivity index (χ1) is 8.71. The van der Waals surface area contributed by atoms with E-state index in [0.717, 1.165) is 0 Å². The highest BCUT2D eigenvalue weighted by Crippen LogP contribution is 2.52. The fraction of sp³-hybridized carbons (Fsp3) is 0.182. The number of hydrogen-bond acceptors (Lipinski definition) is 2. The van der Waals surface area contributed by atoms with E-state index in [1.807, 2.05) is 0 Å². The van der Waals surface area contributed by atoms with Crippen LogP contribution in [0.5, 0.6) is 0 Å². The minimum atomic E-state index is -0.942. The van der Waals surface area contributed by atoms with E-state index >= 15 is 0 Å². The average molecular weight is 361 g/mol. The van der Waals surface area contributed by atoms with Gasteiger partial charge in [-0.2, -0.15) is 0 Å². The first-order valence-corrected chi connectivity index (χ1v) is 7.00. The second kappa shape index (κ2) is 4.99. The second-order valence-corrected chi connectivity index (χ2v) is 6.15. The number of hydrogen-bond donors (Lipinski definition) is 1. The molecule has 0 fully saturated rings. The van der Waals surface area contributed by atoms with Gasteiger partial charge in [-0.3, -0.25) is 0 Å². The van der Waals surface area contributed by atoms with Crippen LogP contribution in [-0.4, -0.2) is 9.91 Å². The molecule has 0 aromatic heterocycles. The van der Waals surface area contributed by atoms with Crippen molar-refractivity contribution in [3.05, 3.63) is 33.4 Å². The van der Waals surface area contributed by atoms with Crippen LogP contribution in [0.1, 0.15) is 23.6 Å². The highest BCUT2D eigenvalue weighted by molar-refractivity contribution is 6.55. The van der Waals surface area contributed by atoms with Crippen LogP contribution in [0.2, 0.25) is 5.02 Å². The van der Waals surface area contributed by atoms with Crippen molar-refractivity contribution in [2.24, 2.45) is 0 Å². The molecule has 0 saturated heterocycles. The largest absolute Gasteiger partial charge is 0.398 e. The van der Waals surface area contributed by atoms with Gasteiger partial charge in [-0.05, 0) is 23.7 Å². The van der Waals surface area contributed by atoms with Gasteiger partial charge in [0.2, 0.25) is 10.7 Å². The number of carbonyl (C=O) groups is 1. The Labute approximate surface area is 135 Å². The number of amides is 1. The fourth-order valence-corrected chi connectivity index (χ4v) is 3.32. The number of nitrogen functional groups attached to an aromatic ring is 1. The number of anilines is 1. The number of nitrogens with two attached hydrogens (primary N) is 1. The summed E-state index contributed by atoms with van der Waals surface area (Å²) in [4.78, 5) is 11.8. The van der Waals surface area contributed by atoms with Crippen molar-refractivity contribution < 1.29 is 8.80 Å². The minimum absolute atomic E-state index is 0.0648. The Hall–Kier alpha value is -0.160. The number of halogens is 5. The normalized spacial score (nSPS) is 26.3. The molecule has 0 bridgehead atoms. The van der Waals surface area contributed by atoms with Crippen molar-refractivity contribution in [2.75, 3.05) is 5.73 Å². The number of fused-ring (bicyclic) bond motifs is 1. The van der Waals surface area contributed by atoms with E-state index in [9.17, 15) is 4.79 Å². The van der Waals surface area contributed by atoms with Gasteiger partial charge in [0.15, 0.2) is 11.8 Å². The molecule has 2 N–H and O–H groups in total. The molecule has 1 aromatic rings. The lowest BCUT2D eigenvalue weighted by Crippen LogP contribution is -2.43. The van der Waals surface area contributed by atoms with E-state index in [2.05, 4.69) is 0 Å². The summed E-state index contributed by atoms with van der Waals surface area (Å²) in [5.74, 6) is -0.455. The van der Waals surface area contributed by atoms with Crippen molar-refractivity contribution in [3.8, 4) is 0 Å². The van der Waals surface area contributed by atoms with Crippen LogP contribution in [0.15, 0.2) is 17.3 Å². The molecule has 0 saturated carbocycles. The Morgan fingerprint density at radius 1 is 1.32 bits per heavy atom. The molecule has 1 aromatic carbocycles. The maximum absolute atomic E-state index is 11.8. The van der Waals surface area contributed by atoms with Gasteiger partial charge in [-0.1, -0.05) is 38.8 Å². The zero-order valence-electron chi connectivity index (χ0n) is 9.55. The van der Waals surface area contributed by atoms with E-state index in [1.165, 1.54) is 13.0 Å². The molecule has 8 heteroatoms. The number of alkyl halides is 1. The number of quaternary nitrogens is 1. The highest BCUT2D eigenvalue weighted by Gasteiger charge is 2.51. The highest BCUT2D eigenvalue weighted by atomic mass is 35.5. The number of carbonyl (C=O) groups excluding carboxylic acids is 1. The molecule has 0 radical (unpaired) electrons. The van der Waals surface area contributed by atoms with Gasteiger partial charge >= 0.3 is 5.91 Å². The van der Waals surface area contributed by atoms with Gasteiger partial charge in [0.25, 0.3) is 0 Å². The lowest BCUT2D eigenvalue weighted by molar-refractivity contribution is -0.706. The maximum atomic E-state index is 11.8. The molecule has 2 unspecified atom stereocenters. The Kier molecular flexibility index (Phi) is 4.00. The summed E-state index contributed by atoms with van der Waals surface area (Å²) in [5, 5.41) is 0.367. The summed E-state index contributed by atoms with van der Waals surface area (Å²) in [5.41, 5.74) is 6.13. The molecule has 1 amide bonds. The maximum Gasteiger partial charge on any atom is 0.335 e. The molecule has 1 aliphatic heterocycles. The summed E-state index contributed by atoms with van der Waals surface area (Å²) in [6.45, 7) is 1.28. The van der Waals surface area contributed by atoms with E-state index in [-0.39, 0.29) is 10.2 Å². The number of benzene rings is 1. The molecule has 3 nitrogen and oxygen atoms in total. The predicted molar refractivity (Wildman–Crippen MR) is 79.9 cm³/mol. The Balaban J connectivity index is 2.80. The third kappa shape index (κ3) is 2.13. The molecule has 102 valence electrons. The van der Waals surface area contributed by atoms with Crippen LogP contribution >= 0.6 is 58.2 Å². The van der Waals surface area contributed by atoms with Crippen LogP contribution < -0.4 is 5.73 Å². The van der Waals surface area contributed by atoms with Crippen molar-refractivity contribution in [1.29, 1.82) is 0 Å². The number of rotatable bonds is 0. The summed E-state index contributed by atoms with van der Waals surface area (Å²) in [6.07, 6.45) is 0. The average Bonchev–Trinajstić information content (AvgIpc) is 2.36. The van der Waals surface area contributed by atoms with E-state index < -0.39 is 15.4 Å². The Morgan fingerprint density at radius 2 is 1.89 bits per heavy atom. The van der Waals surface area contributed by atoms with Crippen molar-refractivity contribution in [2.45, 2.75) is 12.4 Å². The fourth-order valence-electron chi connectivity index (χ4n) is 1.84. The lowest BCUT2D eigenvalue weighted by Gasteiger charge is -2.33.